The minimum atomic E-state index is -4.02. The van der Waals surface area contributed by atoms with Gasteiger partial charge in [0.05, 0.1) is 6.61 Å². The molecule has 1 aliphatic heterocycles. The van der Waals surface area contributed by atoms with E-state index in [2.05, 4.69) is 16.8 Å². The van der Waals surface area contributed by atoms with Crippen LogP contribution in [0.3, 0.4) is 0 Å². The fourth-order valence-corrected chi connectivity index (χ4v) is 3.09. The van der Waals surface area contributed by atoms with E-state index in [0.717, 1.165) is 4.57 Å². The number of nitrogen functional groups attached to an aromatic ring is 1. The van der Waals surface area contributed by atoms with Gasteiger partial charge in [0.1, 0.15) is 18.1 Å². The maximum Gasteiger partial charge on any atom is 0.351 e. The summed E-state index contributed by atoms with van der Waals surface area (Å²) in [5.74, 6) is -1.63. The molecule has 5 N–H and O–H groups in total. The lowest BCUT2D eigenvalue weighted by Crippen LogP contribution is -2.46. The van der Waals surface area contributed by atoms with Crippen molar-refractivity contribution in [2.75, 3.05) is 19.5 Å². The largest absolute Gasteiger partial charge is 0.391 e. The third-order valence-electron chi connectivity index (χ3n) is 3.23. The topological polar surface area (TPSA) is 149 Å². The lowest BCUT2D eigenvalue weighted by atomic mass is 10.1. The fourth-order valence-electron chi connectivity index (χ4n) is 2.20. The molecule has 0 radical (unpaired) electrons. The maximum atomic E-state index is 11.8. The third kappa shape index (κ3) is 3.53. The summed E-state index contributed by atoms with van der Waals surface area (Å²) in [7, 11) is 1.25. The van der Waals surface area contributed by atoms with E-state index in [-0.39, 0.29) is 12.2 Å². The van der Waals surface area contributed by atoms with E-state index >= 15 is 0 Å². The molecule has 1 aromatic rings. The zero-order valence-electron chi connectivity index (χ0n) is 11.5. The lowest BCUT2D eigenvalue weighted by Gasteiger charge is -2.31. The molecule has 0 unspecified atom stereocenters. The second kappa shape index (κ2) is 6.30. The van der Waals surface area contributed by atoms with Crippen LogP contribution in [0.2, 0.25) is 0 Å². The maximum absolute atomic E-state index is 11.8. The molecular weight excluding hydrogens is 337 g/mol. The number of aliphatic hydroxyl groups is 1. The van der Waals surface area contributed by atoms with Crippen molar-refractivity contribution in [2.24, 2.45) is 0 Å². The van der Waals surface area contributed by atoms with Crippen molar-refractivity contribution >= 4 is 24.3 Å². The summed E-state index contributed by atoms with van der Waals surface area (Å²) < 4.78 is 16.8. The summed E-state index contributed by atoms with van der Waals surface area (Å²) in [6.07, 6.45) is -0.639. The Bertz CT molecular complexity index is 644. The average molecular weight is 353 g/mol. The van der Waals surface area contributed by atoms with Gasteiger partial charge in [0.2, 0.25) is 5.79 Å². The van der Waals surface area contributed by atoms with E-state index in [1.807, 2.05) is 0 Å². The predicted octanol–water partition coefficient (Wildman–Crippen LogP) is -1.33. The van der Waals surface area contributed by atoms with Gasteiger partial charge < -0.3 is 30.1 Å². The summed E-state index contributed by atoms with van der Waals surface area (Å²) in [6, 6.07) is 1.40. The first-order valence-electron chi connectivity index (χ1n) is 6.13. The van der Waals surface area contributed by atoms with Gasteiger partial charge in [-0.3, -0.25) is 9.09 Å². The number of aromatic nitrogens is 2. The Morgan fingerprint density at radius 1 is 1.68 bits per heavy atom. The van der Waals surface area contributed by atoms with Gasteiger partial charge in [-0.25, -0.2) is 4.79 Å². The van der Waals surface area contributed by atoms with Gasteiger partial charge in [0.15, 0.2) is 0 Å². The number of nitrogens with two attached hydrogens (primary N) is 1. The molecule has 3 atom stereocenters. The van der Waals surface area contributed by atoms with Gasteiger partial charge >= 0.3 is 12.4 Å². The Hall–Kier alpha value is -0.910. The molecule has 22 heavy (non-hydrogen) atoms. The highest BCUT2D eigenvalue weighted by Crippen LogP contribution is 2.47. The number of hydrogen-bond donors (Lipinski definition) is 4. The second-order valence-electron chi connectivity index (χ2n) is 4.61. The van der Waals surface area contributed by atoms with Crippen LogP contribution in [0.1, 0.15) is 12.6 Å². The average Bonchev–Trinajstić information content (AvgIpc) is 2.75. The van der Waals surface area contributed by atoms with Gasteiger partial charge in [0.25, 0.3) is 0 Å². The van der Waals surface area contributed by atoms with Crippen LogP contribution in [0.25, 0.3) is 0 Å². The number of rotatable bonds is 5. The van der Waals surface area contributed by atoms with Crippen LogP contribution in [0.5, 0.6) is 0 Å². The lowest BCUT2D eigenvalue weighted by molar-refractivity contribution is -0.266. The number of methoxy groups -OCH3 is 1. The molecule has 124 valence electrons. The monoisotopic (exact) mass is 353 g/mol. The van der Waals surface area contributed by atoms with Crippen molar-refractivity contribution in [3.8, 4) is 0 Å². The van der Waals surface area contributed by atoms with Crippen LogP contribution in [-0.4, -0.2) is 50.1 Å². The van der Waals surface area contributed by atoms with Crippen molar-refractivity contribution in [3.63, 3.8) is 0 Å². The first kappa shape index (κ1) is 17.4. The fraction of sp³-hybridized carbons (Fsp3) is 0.600. The number of nitrogens with zero attached hydrogens (tertiary/aromatic N) is 2. The molecule has 2 rings (SSSR count). The third-order valence-corrected chi connectivity index (χ3v) is 4.02. The van der Waals surface area contributed by atoms with Crippen molar-refractivity contribution in [1.29, 1.82) is 0 Å². The van der Waals surface area contributed by atoms with Crippen LogP contribution >= 0.6 is 6.72 Å². The summed E-state index contributed by atoms with van der Waals surface area (Å²) in [6.45, 7) is -4.66. The Labute approximate surface area is 130 Å². The molecule has 2 heterocycles. The van der Waals surface area contributed by atoms with E-state index in [9.17, 15) is 19.7 Å². The van der Waals surface area contributed by atoms with Crippen molar-refractivity contribution in [3.05, 3.63) is 22.7 Å². The first-order chi connectivity index (χ1) is 10.2. The van der Waals surface area contributed by atoms with Gasteiger partial charge in [-0.2, -0.15) is 4.98 Å². The molecular formula is C10H16N3O7PS. The minimum absolute atomic E-state index is 0.0145. The highest BCUT2D eigenvalue weighted by Gasteiger charge is 2.52. The Morgan fingerprint density at radius 3 is 2.86 bits per heavy atom. The molecule has 10 nitrogen and oxygen atoms in total. The molecule has 0 amide bonds. The van der Waals surface area contributed by atoms with Gasteiger partial charge in [-0.15, -0.1) is 0 Å². The van der Waals surface area contributed by atoms with E-state index in [4.69, 9.17) is 19.7 Å². The molecule has 0 aliphatic carbocycles. The second-order valence-corrected chi connectivity index (χ2v) is 7.23. The summed E-state index contributed by atoms with van der Waals surface area (Å²) in [4.78, 5) is 34.0. The molecule has 12 heteroatoms. The molecule has 0 bridgehead atoms. The van der Waals surface area contributed by atoms with Crippen LogP contribution < -0.4 is 11.4 Å². The smallest absolute Gasteiger partial charge is 0.351 e. The zero-order valence-corrected chi connectivity index (χ0v) is 13.2. The van der Waals surface area contributed by atoms with Crippen molar-refractivity contribution < 1.29 is 28.9 Å². The standard InChI is InChI=1S/C10H16N3O7PS/c1-18-10(5-14)6(20-21(16,17)22)4-8(19-10)13-3-2-7(11)12-9(13)15/h2-3,6,8,14H,4-5H2,1H3,(H2,11,12,15)(H2,16,17,22)/t6-,8+,10+/m0/s1. The van der Waals surface area contributed by atoms with Crippen LogP contribution in [0.15, 0.2) is 17.1 Å². The molecule has 0 spiro atoms. The van der Waals surface area contributed by atoms with E-state index in [0.29, 0.717) is 0 Å². The minimum Gasteiger partial charge on any atom is -0.391 e. The number of hydrogen-bond acceptors (Lipinski definition) is 8. The molecule has 0 saturated carbocycles. The van der Waals surface area contributed by atoms with Gasteiger partial charge in [0, 0.05) is 19.7 Å². The normalized spacial score (nSPS) is 28.9. The van der Waals surface area contributed by atoms with Crippen molar-refractivity contribution in [1.82, 2.24) is 9.55 Å². The Morgan fingerprint density at radius 2 is 2.36 bits per heavy atom. The summed E-state index contributed by atoms with van der Waals surface area (Å²) >= 11 is 4.43. The highest BCUT2D eigenvalue weighted by atomic mass is 32.5. The molecule has 1 aliphatic rings. The number of ether oxygens (including phenoxy) is 2. The summed E-state index contributed by atoms with van der Waals surface area (Å²) in [5, 5.41) is 9.52. The van der Waals surface area contributed by atoms with E-state index < -0.39 is 37.1 Å². The number of anilines is 1. The quantitative estimate of drug-likeness (QED) is 0.469. The highest BCUT2D eigenvalue weighted by molar-refractivity contribution is 8.06. The Balaban J connectivity index is 2.34. The zero-order chi connectivity index (χ0) is 16.5. The number of aliphatic hydroxyl groups excluding tert-OH is 1. The van der Waals surface area contributed by atoms with E-state index in [1.165, 1.54) is 19.4 Å². The molecule has 1 aromatic heterocycles. The molecule has 1 fully saturated rings. The van der Waals surface area contributed by atoms with Crippen molar-refractivity contribution in [2.45, 2.75) is 24.5 Å². The Kier molecular flexibility index (Phi) is 5.00. The van der Waals surface area contributed by atoms with Crippen LogP contribution in [-0.2, 0) is 25.8 Å². The molecule has 1 saturated heterocycles. The van der Waals surface area contributed by atoms with Gasteiger partial charge in [-0.05, 0) is 17.9 Å². The first-order valence-corrected chi connectivity index (χ1v) is 8.76. The summed E-state index contributed by atoms with van der Waals surface area (Å²) in [5.41, 5.74) is 4.75. The van der Waals surface area contributed by atoms with E-state index in [1.54, 1.807) is 0 Å². The molecule has 0 aromatic carbocycles. The SMILES string of the molecule is CO[C@]1(CO)O[C@@H](n2ccc(N)nc2=O)C[C@@H]1OP(O)(O)=S. The predicted molar refractivity (Wildman–Crippen MR) is 78.1 cm³/mol. The van der Waals surface area contributed by atoms with Crippen LogP contribution in [0, 0.1) is 0 Å². The van der Waals surface area contributed by atoms with Gasteiger partial charge in [-0.1, -0.05) is 0 Å². The van der Waals surface area contributed by atoms with Crippen LogP contribution in [0.4, 0.5) is 5.82 Å².